The highest BCUT2D eigenvalue weighted by Gasteiger charge is 2.13. The molecule has 5 nitrogen and oxygen atoms in total. The molecule has 0 fully saturated rings. The molecule has 0 saturated heterocycles. The maximum atomic E-state index is 11.3. The summed E-state index contributed by atoms with van der Waals surface area (Å²) in [5.74, 6) is -1.32. The van der Waals surface area contributed by atoms with Crippen molar-refractivity contribution < 1.29 is 19.8 Å². The number of hydrogen-bond acceptors (Lipinski definition) is 4. The number of carbonyl (C=O) groups excluding carboxylic acids is 1. The largest absolute Gasteiger partial charge is 0.507 e. The Morgan fingerprint density at radius 2 is 1.50 bits per heavy atom. The fourth-order valence-electron chi connectivity index (χ4n) is 3.82. The smallest absolute Gasteiger partial charge is 0.339 e. The SMILES string of the molecule is CCCCCCCCCC(CCCCCCCC=O)Nc1ccc(O)c(C(=O)O)c1. The first-order valence-electron chi connectivity index (χ1n) is 11.8. The molecule has 0 spiro atoms. The van der Waals surface area contributed by atoms with Crippen LogP contribution in [-0.4, -0.2) is 28.5 Å². The molecule has 1 unspecified atom stereocenters. The van der Waals surface area contributed by atoms with Crippen LogP contribution in [0, 0.1) is 0 Å². The second kappa shape index (κ2) is 16.7. The standard InChI is InChI=1S/C25H41NO4/c1-2-3-4-5-6-9-12-15-21(16-13-10-7-8-11-14-19-27)26-22-17-18-24(28)23(20-22)25(29)30/h17-21,26,28H,2-16H2,1H3,(H,29,30). The van der Waals surface area contributed by atoms with E-state index in [0.29, 0.717) is 12.5 Å². The number of aromatic carboxylic acids is 1. The van der Waals surface area contributed by atoms with Gasteiger partial charge in [-0.1, -0.05) is 77.6 Å². The maximum Gasteiger partial charge on any atom is 0.339 e. The van der Waals surface area contributed by atoms with Gasteiger partial charge in [0.2, 0.25) is 0 Å². The lowest BCUT2D eigenvalue weighted by Gasteiger charge is -2.21. The summed E-state index contributed by atoms with van der Waals surface area (Å²) in [6, 6.07) is 5.03. The third kappa shape index (κ3) is 11.8. The Labute approximate surface area is 182 Å². The summed E-state index contributed by atoms with van der Waals surface area (Å²) in [4.78, 5) is 21.7. The van der Waals surface area contributed by atoms with Crippen molar-refractivity contribution in [2.75, 3.05) is 5.32 Å². The lowest BCUT2D eigenvalue weighted by atomic mass is 9.99. The van der Waals surface area contributed by atoms with Gasteiger partial charge in [0, 0.05) is 18.2 Å². The molecule has 0 aromatic heterocycles. The molecule has 0 radical (unpaired) electrons. The summed E-state index contributed by atoms with van der Waals surface area (Å²) in [5, 5.41) is 22.5. The molecular formula is C25H41NO4. The van der Waals surface area contributed by atoms with Gasteiger partial charge in [-0.3, -0.25) is 0 Å². The van der Waals surface area contributed by atoms with Crippen molar-refractivity contribution in [1.82, 2.24) is 0 Å². The minimum absolute atomic E-state index is 0.0650. The van der Waals surface area contributed by atoms with Crippen LogP contribution in [-0.2, 0) is 4.79 Å². The Morgan fingerprint density at radius 1 is 0.933 bits per heavy atom. The van der Waals surface area contributed by atoms with Crippen molar-refractivity contribution in [3.63, 3.8) is 0 Å². The van der Waals surface area contributed by atoms with E-state index in [1.165, 1.54) is 57.1 Å². The van der Waals surface area contributed by atoms with E-state index in [0.717, 1.165) is 56.9 Å². The summed E-state index contributed by atoms with van der Waals surface area (Å²) in [6.07, 6.45) is 18.2. The molecule has 3 N–H and O–H groups in total. The van der Waals surface area contributed by atoms with Gasteiger partial charge in [-0.2, -0.15) is 0 Å². The summed E-state index contributed by atoms with van der Waals surface area (Å²) in [6.45, 7) is 2.23. The van der Waals surface area contributed by atoms with Crippen LogP contribution >= 0.6 is 0 Å². The van der Waals surface area contributed by atoms with Gasteiger partial charge >= 0.3 is 5.97 Å². The number of carbonyl (C=O) groups is 2. The fourth-order valence-corrected chi connectivity index (χ4v) is 3.82. The molecule has 0 aliphatic rings. The summed E-state index contributed by atoms with van der Waals surface area (Å²) in [5.41, 5.74) is 0.689. The number of anilines is 1. The molecule has 0 aliphatic carbocycles. The Hall–Kier alpha value is -2.04. The van der Waals surface area contributed by atoms with Gasteiger partial charge in [0.05, 0.1) is 0 Å². The summed E-state index contributed by atoms with van der Waals surface area (Å²) in [7, 11) is 0. The van der Waals surface area contributed by atoms with Gasteiger partial charge in [-0.25, -0.2) is 4.79 Å². The minimum Gasteiger partial charge on any atom is -0.507 e. The number of benzene rings is 1. The zero-order valence-corrected chi connectivity index (χ0v) is 18.7. The molecular weight excluding hydrogens is 378 g/mol. The van der Waals surface area contributed by atoms with E-state index in [1.807, 2.05) is 0 Å². The van der Waals surface area contributed by atoms with Crippen LogP contribution in [0.4, 0.5) is 5.69 Å². The fraction of sp³-hybridized carbons (Fsp3) is 0.680. The predicted octanol–water partition coefficient (Wildman–Crippen LogP) is 6.94. The van der Waals surface area contributed by atoms with E-state index in [4.69, 9.17) is 0 Å². The third-order valence-corrected chi connectivity index (χ3v) is 5.63. The number of unbranched alkanes of at least 4 members (excludes halogenated alkanes) is 11. The quantitative estimate of drug-likeness (QED) is 0.128. The number of aromatic hydroxyl groups is 1. The van der Waals surface area contributed by atoms with E-state index in [9.17, 15) is 19.8 Å². The molecule has 170 valence electrons. The average molecular weight is 420 g/mol. The van der Waals surface area contributed by atoms with Gasteiger partial charge in [0.25, 0.3) is 0 Å². The predicted molar refractivity (Wildman–Crippen MR) is 123 cm³/mol. The molecule has 5 heteroatoms. The Morgan fingerprint density at radius 3 is 2.07 bits per heavy atom. The van der Waals surface area contributed by atoms with Gasteiger partial charge < -0.3 is 20.3 Å². The Bertz CT molecular complexity index is 603. The third-order valence-electron chi connectivity index (χ3n) is 5.63. The van der Waals surface area contributed by atoms with Gasteiger partial charge in [-0.05, 0) is 37.5 Å². The minimum atomic E-state index is -1.12. The van der Waals surface area contributed by atoms with E-state index in [1.54, 1.807) is 6.07 Å². The highest BCUT2D eigenvalue weighted by Crippen LogP contribution is 2.24. The van der Waals surface area contributed by atoms with Crippen molar-refractivity contribution in [2.45, 2.75) is 109 Å². The number of carboxylic acid groups (broad SMARTS) is 1. The van der Waals surface area contributed by atoms with Crippen LogP contribution in [0.2, 0.25) is 0 Å². The lowest BCUT2D eigenvalue weighted by molar-refractivity contribution is -0.107. The molecule has 1 aromatic rings. The highest BCUT2D eigenvalue weighted by atomic mass is 16.4. The van der Waals surface area contributed by atoms with Crippen molar-refractivity contribution in [1.29, 1.82) is 0 Å². The number of nitrogens with one attached hydrogen (secondary N) is 1. The summed E-state index contributed by atoms with van der Waals surface area (Å²) < 4.78 is 0. The molecule has 1 rings (SSSR count). The van der Waals surface area contributed by atoms with E-state index in [-0.39, 0.29) is 11.3 Å². The molecule has 1 aromatic carbocycles. The van der Waals surface area contributed by atoms with Crippen LogP contribution < -0.4 is 5.32 Å². The van der Waals surface area contributed by atoms with Crippen LogP contribution in [0.15, 0.2) is 18.2 Å². The first kappa shape index (κ1) is 26.0. The second-order valence-electron chi connectivity index (χ2n) is 8.30. The van der Waals surface area contributed by atoms with Crippen molar-refractivity contribution in [3.05, 3.63) is 23.8 Å². The molecule has 0 bridgehead atoms. The zero-order valence-electron chi connectivity index (χ0n) is 18.7. The number of aldehydes is 1. The Kier molecular flexibility index (Phi) is 14.5. The van der Waals surface area contributed by atoms with Gasteiger partial charge in [0.15, 0.2) is 0 Å². The van der Waals surface area contributed by atoms with Gasteiger partial charge in [0.1, 0.15) is 17.6 Å². The van der Waals surface area contributed by atoms with Crippen LogP contribution in [0.25, 0.3) is 0 Å². The topological polar surface area (TPSA) is 86.6 Å². The molecule has 0 saturated carbocycles. The first-order valence-corrected chi connectivity index (χ1v) is 11.8. The maximum absolute atomic E-state index is 11.3. The number of hydrogen-bond donors (Lipinski definition) is 3. The molecule has 1 atom stereocenters. The van der Waals surface area contributed by atoms with Crippen LogP contribution in [0.5, 0.6) is 5.75 Å². The Balaban J connectivity index is 2.49. The number of rotatable bonds is 19. The second-order valence-corrected chi connectivity index (χ2v) is 8.30. The van der Waals surface area contributed by atoms with Crippen molar-refractivity contribution in [3.8, 4) is 5.75 Å². The van der Waals surface area contributed by atoms with Crippen LogP contribution in [0.3, 0.4) is 0 Å². The van der Waals surface area contributed by atoms with E-state index in [2.05, 4.69) is 12.2 Å². The highest BCUT2D eigenvalue weighted by molar-refractivity contribution is 5.92. The lowest BCUT2D eigenvalue weighted by Crippen LogP contribution is -2.19. The molecule has 30 heavy (non-hydrogen) atoms. The molecule has 0 aliphatic heterocycles. The van der Waals surface area contributed by atoms with Crippen LogP contribution in [0.1, 0.15) is 114 Å². The molecule has 0 heterocycles. The van der Waals surface area contributed by atoms with Crippen molar-refractivity contribution in [2.24, 2.45) is 0 Å². The average Bonchev–Trinajstić information content (AvgIpc) is 2.73. The van der Waals surface area contributed by atoms with Crippen molar-refractivity contribution >= 4 is 17.9 Å². The van der Waals surface area contributed by atoms with E-state index < -0.39 is 5.97 Å². The number of carboxylic acids is 1. The van der Waals surface area contributed by atoms with E-state index >= 15 is 0 Å². The molecule has 0 amide bonds. The monoisotopic (exact) mass is 419 g/mol. The van der Waals surface area contributed by atoms with Gasteiger partial charge in [-0.15, -0.1) is 0 Å². The first-order chi connectivity index (χ1) is 14.6. The zero-order chi connectivity index (χ0) is 22.0. The normalized spacial score (nSPS) is 11.9. The summed E-state index contributed by atoms with van der Waals surface area (Å²) >= 11 is 0. The number of phenols is 1.